The molecule has 0 radical (unpaired) electrons. The number of hydrogen-bond acceptors (Lipinski definition) is 0. The number of aromatic nitrogens is 4. The van der Waals surface area contributed by atoms with Crippen LogP contribution in [0.25, 0.3) is 159 Å². The van der Waals surface area contributed by atoms with Crippen LogP contribution in [-0.2, 0) is 0 Å². The molecule has 1 aliphatic carbocycles. The normalized spacial score (nSPS) is 13.7. The molecule has 0 saturated heterocycles. The van der Waals surface area contributed by atoms with Gasteiger partial charge in [-0.15, -0.1) is 0 Å². The highest BCUT2D eigenvalue weighted by Gasteiger charge is 2.19. The Balaban J connectivity index is 0.672. The summed E-state index contributed by atoms with van der Waals surface area (Å²) >= 11 is 0. The van der Waals surface area contributed by atoms with Crippen molar-refractivity contribution in [2.45, 2.75) is 12.3 Å². The predicted molar refractivity (Wildman–Crippen MR) is 364 cm³/mol. The summed E-state index contributed by atoms with van der Waals surface area (Å²) in [5.41, 5.74) is 25.1. The van der Waals surface area contributed by atoms with Crippen molar-refractivity contribution in [1.29, 1.82) is 0 Å². The molecule has 0 bridgehead atoms. The summed E-state index contributed by atoms with van der Waals surface area (Å²) in [7, 11) is 0. The van der Waals surface area contributed by atoms with E-state index in [0.29, 0.717) is 5.92 Å². The maximum atomic E-state index is 3.75. The van der Waals surface area contributed by atoms with E-state index in [-0.39, 0.29) is 0 Å². The Morgan fingerprint density at radius 2 is 0.721 bits per heavy atom. The summed E-state index contributed by atoms with van der Waals surface area (Å²) in [4.78, 5) is 7.46. The molecule has 0 amide bonds. The van der Waals surface area contributed by atoms with E-state index in [1.807, 2.05) is 0 Å². The molecule has 0 spiro atoms. The van der Waals surface area contributed by atoms with Crippen LogP contribution in [0.5, 0.6) is 0 Å². The largest absolute Gasteiger partial charge is 0.355 e. The summed E-state index contributed by atoms with van der Waals surface area (Å²) in [6.45, 7) is 0. The Bertz CT molecular complexity index is 5670. The topological polar surface area (TPSA) is 41.4 Å². The SMILES string of the molecule is C1=CC(c2ccccc2)CC=C1c1ccc2[nH]c3ccc(-c4ccc5c(c4)c4ccccc4n5-c4ccc(-c5cc(-c6ccc7[nH]c8ccc(-c9ccc%10c(c9)c9ccccc9n%10-c9ccccc9)cc8c7c6)c6ccccc6c5)cc4)cc3c2c1. The molecule has 17 aromatic rings. The molecule has 0 aliphatic heterocycles. The first-order valence-electron chi connectivity index (χ1n) is 29.9. The van der Waals surface area contributed by atoms with Crippen LogP contribution in [0.4, 0.5) is 0 Å². The van der Waals surface area contributed by atoms with E-state index >= 15 is 0 Å². The molecule has 0 saturated carbocycles. The number of benzene rings is 13. The second kappa shape index (κ2) is 19.2. The molecule has 2 N–H and O–H groups in total. The molecule has 1 unspecified atom stereocenters. The van der Waals surface area contributed by atoms with Gasteiger partial charge in [-0.05, 0) is 200 Å². The standard InChI is InChI=1S/C82H54N4/c1-3-13-51(14-4-1)52-23-25-53(26-24-52)55-29-37-75-69(44-55)70-45-56(30-38-76(70)83-75)59-34-42-82-74(48-59)67-20-10-12-22-80(67)86(82)64-35-27-54(28-36-64)62-43-60-15-7-8-18-65(60)68(50-62)61-32-40-78-72(49-61)71-46-57(31-39-77(71)84-78)58-33-41-81-73(47-58)66-19-9-11-21-79(66)85(81)63-16-5-2-6-17-63/h1-23,25-50,52,83-84H,24H2. The first-order valence-corrected chi connectivity index (χ1v) is 29.9. The summed E-state index contributed by atoms with van der Waals surface area (Å²) in [5, 5.41) is 12.3. The first-order chi connectivity index (χ1) is 42.6. The lowest BCUT2D eigenvalue weighted by atomic mass is 9.88. The van der Waals surface area contributed by atoms with Crippen LogP contribution in [0.2, 0.25) is 0 Å². The average Bonchev–Trinajstić information content (AvgIpc) is 2.36. The lowest BCUT2D eigenvalue weighted by molar-refractivity contribution is 0.857. The molecule has 1 atom stereocenters. The van der Waals surface area contributed by atoms with E-state index in [1.54, 1.807) is 0 Å². The Hall–Kier alpha value is -11.2. The molecular weight excluding hydrogens is 1040 g/mol. The lowest BCUT2D eigenvalue weighted by Gasteiger charge is -2.17. The van der Waals surface area contributed by atoms with Crippen molar-refractivity contribution in [2.24, 2.45) is 0 Å². The Morgan fingerprint density at radius 3 is 1.29 bits per heavy atom. The van der Waals surface area contributed by atoms with Crippen LogP contribution in [-0.4, -0.2) is 19.1 Å². The fraction of sp³-hybridized carbons (Fsp3) is 0.0244. The minimum Gasteiger partial charge on any atom is -0.355 e. The van der Waals surface area contributed by atoms with Crippen LogP contribution in [0.1, 0.15) is 23.5 Å². The van der Waals surface area contributed by atoms with Crippen molar-refractivity contribution >= 4 is 104 Å². The summed E-state index contributed by atoms with van der Waals surface area (Å²) < 4.78 is 4.81. The number of nitrogens with zero attached hydrogens (tertiary/aromatic N) is 2. The predicted octanol–water partition coefficient (Wildman–Crippen LogP) is 22.1. The zero-order chi connectivity index (χ0) is 56.4. The molecule has 4 aromatic heterocycles. The van der Waals surface area contributed by atoms with Crippen molar-refractivity contribution < 1.29 is 0 Å². The third-order valence-corrected chi connectivity index (χ3v) is 18.5. The van der Waals surface area contributed by atoms with Gasteiger partial charge in [0.1, 0.15) is 0 Å². The smallest absolute Gasteiger partial charge is 0.0541 e. The van der Waals surface area contributed by atoms with E-state index in [2.05, 4.69) is 316 Å². The quantitative estimate of drug-likeness (QED) is 0.152. The van der Waals surface area contributed by atoms with Gasteiger partial charge in [0.05, 0.1) is 22.1 Å². The monoisotopic (exact) mass is 1090 g/mol. The minimum atomic E-state index is 0.413. The summed E-state index contributed by atoms with van der Waals surface area (Å²) in [6, 6.07) is 103. The second-order valence-electron chi connectivity index (χ2n) is 23.4. The molecule has 18 rings (SSSR count). The molecule has 4 heteroatoms. The minimum absolute atomic E-state index is 0.413. The third kappa shape index (κ3) is 7.77. The van der Waals surface area contributed by atoms with Crippen molar-refractivity contribution in [1.82, 2.24) is 19.1 Å². The highest BCUT2D eigenvalue weighted by Crippen LogP contribution is 2.43. The van der Waals surface area contributed by atoms with Gasteiger partial charge in [-0.2, -0.15) is 0 Å². The fourth-order valence-corrected chi connectivity index (χ4v) is 14.2. The number of rotatable bonds is 8. The average molecular weight is 1100 g/mol. The van der Waals surface area contributed by atoms with Crippen LogP contribution in [0.15, 0.2) is 297 Å². The Morgan fingerprint density at radius 1 is 0.291 bits per heavy atom. The Labute approximate surface area is 496 Å². The molecular formula is C82H54N4. The number of H-pyrrole nitrogens is 2. The van der Waals surface area contributed by atoms with E-state index in [1.165, 1.54) is 143 Å². The van der Waals surface area contributed by atoms with Gasteiger partial charge in [0.15, 0.2) is 0 Å². The van der Waals surface area contributed by atoms with Gasteiger partial charge < -0.3 is 19.1 Å². The van der Waals surface area contributed by atoms with Crippen molar-refractivity contribution in [3.63, 3.8) is 0 Å². The molecule has 13 aromatic carbocycles. The molecule has 4 nitrogen and oxygen atoms in total. The van der Waals surface area contributed by atoms with Gasteiger partial charge in [0.25, 0.3) is 0 Å². The van der Waals surface area contributed by atoms with Gasteiger partial charge in [-0.3, -0.25) is 0 Å². The van der Waals surface area contributed by atoms with Crippen LogP contribution in [0, 0.1) is 0 Å². The highest BCUT2D eigenvalue weighted by molar-refractivity contribution is 6.15. The van der Waals surface area contributed by atoms with Gasteiger partial charge >= 0.3 is 0 Å². The number of hydrogen-bond donors (Lipinski definition) is 2. The third-order valence-electron chi connectivity index (χ3n) is 18.5. The van der Waals surface area contributed by atoms with Crippen LogP contribution >= 0.6 is 0 Å². The highest BCUT2D eigenvalue weighted by atomic mass is 15.0. The van der Waals surface area contributed by atoms with Gasteiger partial charge in [0, 0.05) is 82.4 Å². The van der Waals surface area contributed by atoms with E-state index in [4.69, 9.17) is 0 Å². The number of para-hydroxylation sites is 3. The number of allylic oxidation sites excluding steroid dienone is 4. The summed E-state index contributed by atoms with van der Waals surface area (Å²) in [6.07, 6.45) is 8.07. The Kier molecular flexibility index (Phi) is 10.8. The van der Waals surface area contributed by atoms with Crippen LogP contribution < -0.4 is 0 Å². The van der Waals surface area contributed by atoms with Gasteiger partial charge in [0.2, 0.25) is 0 Å². The lowest BCUT2D eigenvalue weighted by Crippen LogP contribution is -1.98. The maximum Gasteiger partial charge on any atom is 0.0541 e. The molecule has 402 valence electrons. The first kappa shape index (κ1) is 48.3. The van der Waals surface area contributed by atoms with Crippen molar-refractivity contribution in [2.75, 3.05) is 0 Å². The fourth-order valence-electron chi connectivity index (χ4n) is 14.2. The summed E-state index contributed by atoms with van der Waals surface area (Å²) in [5.74, 6) is 0.413. The van der Waals surface area contributed by atoms with Crippen LogP contribution in [0.3, 0.4) is 0 Å². The molecule has 0 fully saturated rings. The van der Waals surface area contributed by atoms with Gasteiger partial charge in [-0.25, -0.2) is 0 Å². The van der Waals surface area contributed by atoms with E-state index in [9.17, 15) is 0 Å². The van der Waals surface area contributed by atoms with E-state index < -0.39 is 0 Å². The zero-order valence-corrected chi connectivity index (χ0v) is 47.0. The van der Waals surface area contributed by atoms with Crippen molar-refractivity contribution in [3.05, 3.63) is 308 Å². The zero-order valence-electron chi connectivity index (χ0n) is 47.0. The maximum absolute atomic E-state index is 3.75. The molecule has 4 heterocycles. The van der Waals surface area contributed by atoms with E-state index in [0.717, 1.165) is 34.2 Å². The molecule has 1 aliphatic rings. The van der Waals surface area contributed by atoms with Crippen molar-refractivity contribution in [3.8, 4) is 55.9 Å². The number of fused-ring (bicyclic) bond motifs is 13. The number of aromatic amines is 2. The second-order valence-corrected chi connectivity index (χ2v) is 23.4. The molecule has 86 heavy (non-hydrogen) atoms. The van der Waals surface area contributed by atoms with Gasteiger partial charge in [-0.1, -0.05) is 176 Å². The number of nitrogens with one attached hydrogen (secondary N) is 2.